The monoisotopic (exact) mass is 212 g/mol. The van der Waals surface area contributed by atoms with E-state index in [0.717, 1.165) is 25.7 Å². The van der Waals surface area contributed by atoms with Gasteiger partial charge in [0.15, 0.2) is 0 Å². The molecule has 88 valence electrons. The molecule has 0 saturated heterocycles. The Morgan fingerprint density at radius 3 is 2.33 bits per heavy atom. The van der Waals surface area contributed by atoms with Crippen LogP contribution in [0.5, 0.6) is 0 Å². The number of hydrogen-bond acceptors (Lipinski definition) is 2. The maximum Gasteiger partial charge on any atom is 0.303 e. The molecule has 0 rings (SSSR count). The van der Waals surface area contributed by atoms with E-state index in [4.69, 9.17) is 4.74 Å². The molecule has 15 heavy (non-hydrogen) atoms. The maximum atomic E-state index is 10.9. The number of hydrogen-bond donors (Lipinski definition) is 0. The van der Waals surface area contributed by atoms with Gasteiger partial charge in [0.1, 0.15) is 5.60 Å². The van der Waals surface area contributed by atoms with Crippen LogP contribution in [0, 0.1) is 0 Å². The predicted octanol–water partition coefficient (Wildman–Crippen LogP) is 3.85. The average Bonchev–Trinajstić information content (AvgIpc) is 2.16. The van der Waals surface area contributed by atoms with Crippen LogP contribution in [0.2, 0.25) is 0 Å². The van der Waals surface area contributed by atoms with Gasteiger partial charge >= 0.3 is 5.97 Å². The number of rotatable bonds is 6. The van der Waals surface area contributed by atoms with Crippen molar-refractivity contribution < 1.29 is 9.53 Å². The summed E-state index contributed by atoms with van der Waals surface area (Å²) >= 11 is 0. The molecule has 1 unspecified atom stereocenters. The van der Waals surface area contributed by atoms with Crippen LogP contribution >= 0.6 is 0 Å². The van der Waals surface area contributed by atoms with Gasteiger partial charge in [0, 0.05) is 6.92 Å². The van der Waals surface area contributed by atoms with Crippen molar-refractivity contribution in [2.45, 2.75) is 65.9 Å². The molecule has 0 aliphatic heterocycles. The van der Waals surface area contributed by atoms with Crippen LogP contribution in [0.15, 0.2) is 11.6 Å². The first-order valence-corrected chi connectivity index (χ1v) is 5.78. The summed E-state index contributed by atoms with van der Waals surface area (Å²) in [7, 11) is 0. The SMILES string of the molecule is CCC(C)=CCCC(C)(CC)OC(C)=O. The summed E-state index contributed by atoms with van der Waals surface area (Å²) in [6.07, 6.45) is 6.08. The molecule has 2 heteroatoms. The summed E-state index contributed by atoms with van der Waals surface area (Å²) in [5.41, 5.74) is 1.10. The van der Waals surface area contributed by atoms with E-state index in [1.165, 1.54) is 12.5 Å². The fourth-order valence-corrected chi connectivity index (χ4v) is 1.42. The Kier molecular flexibility index (Phi) is 6.30. The molecule has 0 radical (unpaired) electrons. The van der Waals surface area contributed by atoms with E-state index in [-0.39, 0.29) is 11.6 Å². The molecule has 0 fully saturated rings. The highest BCUT2D eigenvalue weighted by Crippen LogP contribution is 2.22. The molecule has 0 N–H and O–H groups in total. The van der Waals surface area contributed by atoms with Crippen LogP contribution in [0.4, 0.5) is 0 Å². The van der Waals surface area contributed by atoms with Gasteiger partial charge in [-0.25, -0.2) is 0 Å². The minimum absolute atomic E-state index is 0.185. The van der Waals surface area contributed by atoms with Gasteiger partial charge in [-0.1, -0.05) is 25.5 Å². The molecule has 0 bridgehead atoms. The summed E-state index contributed by atoms with van der Waals surface area (Å²) in [5.74, 6) is -0.185. The van der Waals surface area contributed by atoms with E-state index in [2.05, 4.69) is 26.8 Å². The van der Waals surface area contributed by atoms with Crippen molar-refractivity contribution in [3.8, 4) is 0 Å². The summed E-state index contributed by atoms with van der Waals surface area (Å²) in [6, 6.07) is 0. The van der Waals surface area contributed by atoms with Gasteiger partial charge in [-0.15, -0.1) is 0 Å². The van der Waals surface area contributed by atoms with Crippen LogP contribution in [0.3, 0.4) is 0 Å². The summed E-state index contributed by atoms with van der Waals surface area (Å²) in [5, 5.41) is 0. The zero-order chi connectivity index (χ0) is 11.9. The van der Waals surface area contributed by atoms with Gasteiger partial charge < -0.3 is 4.74 Å². The first kappa shape index (κ1) is 14.2. The lowest BCUT2D eigenvalue weighted by atomic mass is 9.96. The zero-order valence-corrected chi connectivity index (χ0v) is 10.7. The third kappa shape index (κ3) is 6.32. The van der Waals surface area contributed by atoms with E-state index in [1.54, 1.807) is 0 Å². The highest BCUT2D eigenvalue weighted by atomic mass is 16.6. The van der Waals surface area contributed by atoms with Gasteiger partial charge in [0.25, 0.3) is 0 Å². The molecule has 2 nitrogen and oxygen atoms in total. The number of ether oxygens (including phenoxy) is 1. The van der Waals surface area contributed by atoms with Gasteiger partial charge in [0.05, 0.1) is 0 Å². The van der Waals surface area contributed by atoms with Gasteiger partial charge in [0.2, 0.25) is 0 Å². The molecule has 0 aliphatic carbocycles. The number of carbonyl (C=O) groups excluding carboxylic acids is 1. The molecule has 0 saturated carbocycles. The molecule has 0 aromatic carbocycles. The molecule has 0 heterocycles. The maximum absolute atomic E-state index is 10.9. The molecule has 0 aromatic rings. The minimum atomic E-state index is -0.295. The van der Waals surface area contributed by atoms with E-state index in [1.807, 2.05) is 6.92 Å². The Morgan fingerprint density at radius 2 is 1.93 bits per heavy atom. The van der Waals surface area contributed by atoms with Crippen LogP contribution in [-0.4, -0.2) is 11.6 Å². The third-order valence-corrected chi connectivity index (χ3v) is 2.86. The summed E-state index contributed by atoms with van der Waals surface area (Å²) in [4.78, 5) is 10.9. The van der Waals surface area contributed by atoms with Crippen LogP contribution in [-0.2, 0) is 9.53 Å². The van der Waals surface area contributed by atoms with E-state index in [0.29, 0.717) is 0 Å². The lowest BCUT2D eigenvalue weighted by Crippen LogP contribution is -2.29. The normalized spacial score (nSPS) is 15.9. The number of carbonyl (C=O) groups is 1. The van der Waals surface area contributed by atoms with Gasteiger partial charge in [-0.05, 0) is 39.5 Å². The quantitative estimate of drug-likeness (QED) is 0.493. The largest absolute Gasteiger partial charge is 0.460 e. The second kappa shape index (κ2) is 6.65. The van der Waals surface area contributed by atoms with Crippen LogP contribution < -0.4 is 0 Å². The van der Waals surface area contributed by atoms with Crippen LogP contribution in [0.1, 0.15) is 60.3 Å². The highest BCUT2D eigenvalue weighted by Gasteiger charge is 2.24. The molecule has 1 atom stereocenters. The zero-order valence-electron chi connectivity index (χ0n) is 10.7. The second-order valence-corrected chi connectivity index (χ2v) is 4.34. The van der Waals surface area contributed by atoms with Crippen molar-refractivity contribution in [1.82, 2.24) is 0 Å². The molecule has 0 amide bonds. The van der Waals surface area contributed by atoms with E-state index < -0.39 is 0 Å². The van der Waals surface area contributed by atoms with Crippen molar-refractivity contribution in [2.24, 2.45) is 0 Å². The highest BCUT2D eigenvalue weighted by molar-refractivity contribution is 5.66. The average molecular weight is 212 g/mol. The second-order valence-electron chi connectivity index (χ2n) is 4.34. The molecular formula is C13H24O2. The molecular weight excluding hydrogens is 188 g/mol. The Balaban J connectivity index is 4.15. The topological polar surface area (TPSA) is 26.3 Å². The minimum Gasteiger partial charge on any atom is -0.460 e. The Morgan fingerprint density at radius 1 is 1.33 bits per heavy atom. The van der Waals surface area contributed by atoms with Crippen molar-refractivity contribution in [3.05, 3.63) is 11.6 Å². The molecule has 0 aliphatic rings. The predicted molar refractivity (Wildman–Crippen MR) is 63.7 cm³/mol. The third-order valence-electron chi connectivity index (χ3n) is 2.86. The number of allylic oxidation sites excluding steroid dienone is 2. The van der Waals surface area contributed by atoms with E-state index in [9.17, 15) is 4.79 Å². The fourth-order valence-electron chi connectivity index (χ4n) is 1.42. The first-order valence-electron chi connectivity index (χ1n) is 5.78. The van der Waals surface area contributed by atoms with Crippen molar-refractivity contribution >= 4 is 5.97 Å². The van der Waals surface area contributed by atoms with Gasteiger partial charge in [-0.3, -0.25) is 4.79 Å². The van der Waals surface area contributed by atoms with Crippen molar-refractivity contribution in [2.75, 3.05) is 0 Å². The number of esters is 1. The standard InChI is InChI=1S/C13H24O2/c1-6-11(3)9-8-10-13(5,7-2)15-12(4)14/h9H,6-8,10H2,1-5H3. The van der Waals surface area contributed by atoms with Crippen LogP contribution in [0.25, 0.3) is 0 Å². The van der Waals surface area contributed by atoms with Crippen molar-refractivity contribution in [1.29, 1.82) is 0 Å². The van der Waals surface area contributed by atoms with Gasteiger partial charge in [-0.2, -0.15) is 0 Å². The summed E-state index contributed by atoms with van der Waals surface area (Å²) < 4.78 is 5.33. The molecule has 0 aromatic heterocycles. The summed E-state index contributed by atoms with van der Waals surface area (Å²) in [6.45, 7) is 9.82. The lowest BCUT2D eigenvalue weighted by molar-refractivity contribution is -0.156. The van der Waals surface area contributed by atoms with E-state index >= 15 is 0 Å². The Hall–Kier alpha value is -0.790. The Labute approximate surface area is 93.7 Å². The first-order chi connectivity index (χ1) is 6.93. The van der Waals surface area contributed by atoms with Crippen molar-refractivity contribution in [3.63, 3.8) is 0 Å². The fraction of sp³-hybridized carbons (Fsp3) is 0.769. The molecule has 0 spiro atoms. The Bertz CT molecular complexity index is 231. The lowest BCUT2D eigenvalue weighted by Gasteiger charge is -2.27. The smallest absolute Gasteiger partial charge is 0.303 e.